The molecule has 1 aromatic heterocycles. The van der Waals surface area contributed by atoms with Gasteiger partial charge in [-0.1, -0.05) is 47.4 Å². The molecule has 0 aliphatic rings. The van der Waals surface area contributed by atoms with E-state index in [1.54, 1.807) is 11.8 Å². The first kappa shape index (κ1) is 19.7. The van der Waals surface area contributed by atoms with Crippen molar-refractivity contribution in [3.8, 4) is 0 Å². The highest BCUT2D eigenvalue weighted by molar-refractivity contribution is 8.02. The number of thioether (sulfide) groups is 2. The number of rotatable bonds is 7. The molecule has 5 nitrogen and oxygen atoms in total. The lowest BCUT2D eigenvalue weighted by atomic mass is 10.2. The molecule has 0 aliphatic heterocycles. The van der Waals surface area contributed by atoms with Crippen molar-refractivity contribution in [2.24, 2.45) is 0 Å². The van der Waals surface area contributed by atoms with Gasteiger partial charge in [0.1, 0.15) is 0 Å². The van der Waals surface area contributed by atoms with Crippen LogP contribution >= 0.6 is 34.9 Å². The van der Waals surface area contributed by atoms with Gasteiger partial charge in [0, 0.05) is 10.6 Å². The van der Waals surface area contributed by atoms with Crippen LogP contribution < -0.4 is 10.6 Å². The summed E-state index contributed by atoms with van der Waals surface area (Å²) >= 11 is 4.45. The molecule has 1 unspecified atom stereocenters. The second-order valence-corrected chi connectivity index (χ2v) is 9.23. The summed E-state index contributed by atoms with van der Waals surface area (Å²) in [6, 6.07) is 15.9. The zero-order valence-electron chi connectivity index (χ0n) is 15.2. The zero-order chi connectivity index (χ0) is 19.2. The molecule has 0 saturated carbocycles. The lowest BCUT2D eigenvalue weighted by Crippen LogP contribution is -2.22. The minimum atomic E-state index is -0.278. The van der Waals surface area contributed by atoms with Crippen LogP contribution in [0.15, 0.2) is 57.8 Å². The molecule has 0 saturated heterocycles. The number of hydrogen-bond acceptors (Lipinski definition) is 7. The van der Waals surface area contributed by atoms with Crippen LogP contribution in [0, 0.1) is 6.92 Å². The van der Waals surface area contributed by atoms with Crippen LogP contribution in [-0.2, 0) is 4.79 Å². The Labute approximate surface area is 171 Å². The number of aryl methyl sites for hydroxylation is 1. The normalized spacial score (nSPS) is 11.8. The van der Waals surface area contributed by atoms with Crippen LogP contribution in [-0.4, -0.2) is 27.6 Å². The van der Waals surface area contributed by atoms with Gasteiger partial charge < -0.3 is 10.6 Å². The van der Waals surface area contributed by atoms with Gasteiger partial charge in [-0.2, -0.15) is 0 Å². The first-order valence-corrected chi connectivity index (χ1v) is 11.2. The van der Waals surface area contributed by atoms with Crippen molar-refractivity contribution in [3.05, 3.63) is 54.1 Å². The summed E-state index contributed by atoms with van der Waals surface area (Å²) in [5, 5.41) is 15.0. The van der Waals surface area contributed by atoms with Crippen molar-refractivity contribution < 1.29 is 4.79 Å². The van der Waals surface area contributed by atoms with Gasteiger partial charge in [0.2, 0.25) is 11.0 Å². The Morgan fingerprint density at radius 3 is 2.74 bits per heavy atom. The molecule has 1 atom stereocenters. The number of carbonyl (C=O) groups is 1. The fourth-order valence-corrected chi connectivity index (χ4v) is 4.81. The Hall–Kier alpha value is -2.03. The van der Waals surface area contributed by atoms with Gasteiger partial charge in [-0.05, 0) is 49.9 Å². The number of nitrogens with zero attached hydrogens (tertiary/aromatic N) is 2. The van der Waals surface area contributed by atoms with Crippen LogP contribution in [0.25, 0.3) is 0 Å². The van der Waals surface area contributed by atoms with Crippen LogP contribution in [0.1, 0.15) is 12.5 Å². The summed E-state index contributed by atoms with van der Waals surface area (Å²) in [6.45, 7) is 3.92. The minimum Gasteiger partial charge on any atom is -0.330 e. The van der Waals surface area contributed by atoms with Gasteiger partial charge in [0.05, 0.1) is 10.9 Å². The SMILES string of the molecule is CSc1ccccc1NC(=O)C(C)Sc1nnc(Nc2cccc(C)c2)s1. The number of nitrogens with one attached hydrogen (secondary N) is 2. The lowest BCUT2D eigenvalue weighted by Gasteiger charge is -2.12. The number of hydrogen-bond donors (Lipinski definition) is 2. The molecule has 140 valence electrons. The number of aromatic nitrogens is 2. The van der Waals surface area contributed by atoms with Crippen molar-refractivity contribution in [1.82, 2.24) is 10.2 Å². The van der Waals surface area contributed by atoms with Crippen molar-refractivity contribution in [3.63, 3.8) is 0 Å². The topological polar surface area (TPSA) is 66.9 Å². The Morgan fingerprint density at radius 1 is 1.15 bits per heavy atom. The molecule has 0 radical (unpaired) electrons. The third kappa shape index (κ3) is 5.47. The summed E-state index contributed by atoms with van der Waals surface area (Å²) in [5.41, 5.74) is 2.98. The lowest BCUT2D eigenvalue weighted by molar-refractivity contribution is -0.115. The zero-order valence-corrected chi connectivity index (χ0v) is 17.7. The molecule has 0 bridgehead atoms. The first-order valence-electron chi connectivity index (χ1n) is 8.33. The first-order chi connectivity index (χ1) is 13.0. The Morgan fingerprint density at radius 2 is 1.96 bits per heavy atom. The second kappa shape index (κ2) is 9.25. The van der Waals surface area contributed by atoms with Crippen LogP contribution in [0.2, 0.25) is 0 Å². The van der Waals surface area contributed by atoms with Crippen LogP contribution in [0.3, 0.4) is 0 Å². The fraction of sp³-hybridized carbons (Fsp3) is 0.211. The van der Waals surface area contributed by atoms with Gasteiger partial charge >= 0.3 is 0 Å². The smallest absolute Gasteiger partial charge is 0.237 e. The maximum Gasteiger partial charge on any atom is 0.237 e. The molecule has 1 amide bonds. The maximum absolute atomic E-state index is 12.5. The van der Waals surface area contributed by atoms with Crippen molar-refractivity contribution >= 4 is 57.3 Å². The molecule has 3 aromatic rings. The fourth-order valence-electron chi connectivity index (χ4n) is 2.34. The molecule has 27 heavy (non-hydrogen) atoms. The molecule has 3 rings (SSSR count). The van der Waals surface area contributed by atoms with Gasteiger partial charge in [0.15, 0.2) is 4.34 Å². The third-order valence-corrected chi connectivity index (χ3v) is 6.51. The highest BCUT2D eigenvalue weighted by Crippen LogP contribution is 2.31. The van der Waals surface area contributed by atoms with E-state index in [2.05, 4.69) is 20.8 Å². The van der Waals surface area contributed by atoms with E-state index in [0.29, 0.717) is 5.13 Å². The predicted molar refractivity (Wildman–Crippen MR) is 117 cm³/mol. The minimum absolute atomic E-state index is 0.0510. The van der Waals surface area contributed by atoms with Gasteiger partial charge in [-0.15, -0.1) is 22.0 Å². The molecule has 2 N–H and O–H groups in total. The molecular formula is C19H20N4OS3. The molecule has 0 spiro atoms. The molecule has 1 heterocycles. The molecule has 2 aromatic carbocycles. The maximum atomic E-state index is 12.5. The van der Waals surface area contributed by atoms with Crippen molar-refractivity contribution in [2.45, 2.75) is 28.3 Å². The number of para-hydroxylation sites is 1. The van der Waals surface area contributed by atoms with Crippen LogP contribution in [0.5, 0.6) is 0 Å². The number of carbonyl (C=O) groups excluding carboxylic acids is 1. The van der Waals surface area contributed by atoms with E-state index in [1.807, 2.05) is 68.6 Å². The summed E-state index contributed by atoms with van der Waals surface area (Å²) in [4.78, 5) is 13.6. The molecule has 0 fully saturated rings. The highest BCUT2D eigenvalue weighted by atomic mass is 32.2. The van der Waals surface area contributed by atoms with Crippen molar-refractivity contribution in [2.75, 3.05) is 16.9 Å². The van der Waals surface area contributed by atoms with E-state index in [0.717, 1.165) is 20.6 Å². The second-order valence-electron chi connectivity index (χ2n) is 5.82. The standard InChI is InChI=1S/C19H20N4OS3/c1-12-7-6-8-14(11-12)20-18-22-23-19(27-18)26-13(2)17(24)21-15-9-4-5-10-16(15)25-3/h4-11,13H,1-3H3,(H,20,22)(H,21,24). The average Bonchev–Trinajstić information content (AvgIpc) is 3.09. The highest BCUT2D eigenvalue weighted by Gasteiger charge is 2.18. The monoisotopic (exact) mass is 416 g/mol. The van der Waals surface area contributed by atoms with E-state index in [4.69, 9.17) is 0 Å². The third-order valence-electron chi connectivity index (χ3n) is 3.69. The summed E-state index contributed by atoms with van der Waals surface area (Å²) in [6.07, 6.45) is 1.99. The van der Waals surface area contributed by atoms with E-state index >= 15 is 0 Å². The molecule has 8 heteroatoms. The van der Waals surface area contributed by atoms with E-state index in [-0.39, 0.29) is 11.2 Å². The van der Waals surface area contributed by atoms with Gasteiger partial charge in [0.25, 0.3) is 0 Å². The van der Waals surface area contributed by atoms with E-state index in [1.165, 1.54) is 28.7 Å². The van der Waals surface area contributed by atoms with Crippen molar-refractivity contribution in [1.29, 1.82) is 0 Å². The summed E-state index contributed by atoms with van der Waals surface area (Å²) in [5.74, 6) is -0.0510. The summed E-state index contributed by atoms with van der Waals surface area (Å²) in [7, 11) is 0. The molecule has 0 aliphatic carbocycles. The van der Waals surface area contributed by atoms with E-state index in [9.17, 15) is 4.79 Å². The predicted octanol–water partition coefficient (Wildman–Crippen LogP) is 5.43. The van der Waals surface area contributed by atoms with Gasteiger partial charge in [-0.3, -0.25) is 4.79 Å². The number of benzene rings is 2. The largest absolute Gasteiger partial charge is 0.330 e. The Kier molecular flexibility index (Phi) is 6.76. The number of amides is 1. The quantitative estimate of drug-likeness (QED) is 0.501. The Bertz CT molecular complexity index is 929. The van der Waals surface area contributed by atoms with Crippen LogP contribution in [0.4, 0.5) is 16.5 Å². The molecular weight excluding hydrogens is 396 g/mol. The number of anilines is 3. The Balaban J connectivity index is 1.60. The summed E-state index contributed by atoms with van der Waals surface area (Å²) < 4.78 is 0.756. The van der Waals surface area contributed by atoms with E-state index < -0.39 is 0 Å². The average molecular weight is 417 g/mol. The van der Waals surface area contributed by atoms with Gasteiger partial charge in [-0.25, -0.2) is 0 Å².